The van der Waals surface area contributed by atoms with Gasteiger partial charge in [0.25, 0.3) is 5.91 Å². The van der Waals surface area contributed by atoms with E-state index in [1.165, 1.54) is 6.08 Å². The van der Waals surface area contributed by atoms with E-state index in [4.69, 9.17) is 15.7 Å². The molecule has 0 aliphatic carbocycles. The van der Waals surface area contributed by atoms with Gasteiger partial charge in [-0.3, -0.25) is 4.79 Å². The molecule has 0 saturated heterocycles. The van der Waals surface area contributed by atoms with Crippen LogP contribution in [0, 0.1) is 11.3 Å². The van der Waals surface area contributed by atoms with Gasteiger partial charge in [-0.25, -0.2) is 0 Å². The van der Waals surface area contributed by atoms with E-state index in [1.807, 2.05) is 12.1 Å². The first-order chi connectivity index (χ1) is 7.67. The quantitative estimate of drug-likeness (QED) is 0.607. The van der Waals surface area contributed by atoms with E-state index in [-0.39, 0.29) is 5.57 Å². The summed E-state index contributed by atoms with van der Waals surface area (Å²) in [6, 6.07) is 9.08. The second-order valence-electron chi connectivity index (χ2n) is 3.21. The smallest absolute Gasteiger partial charge is 0.259 e. The average molecular weight is 216 g/mol. The molecule has 2 N–H and O–H groups in total. The second kappa shape index (κ2) is 5.69. The van der Waals surface area contributed by atoms with Gasteiger partial charge in [0.1, 0.15) is 11.6 Å². The summed E-state index contributed by atoms with van der Waals surface area (Å²) in [6.45, 7) is 0.533. The zero-order chi connectivity index (χ0) is 12.0. The fourth-order valence-electron chi connectivity index (χ4n) is 1.20. The lowest BCUT2D eigenvalue weighted by molar-refractivity contribution is -0.114. The maximum absolute atomic E-state index is 10.8. The molecule has 0 aliphatic rings. The van der Waals surface area contributed by atoms with Crippen molar-refractivity contribution in [1.82, 2.24) is 0 Å². The van der Waals surface area contributed by atoms with Crippen LogP contribution in [0.15, 0.2) is 29.8 Å². The molecule has 0 heterocycles. The molecule has 4 heteroatoms. The van der Waals surface area contributed by atoms with E-state index in [0.717, 1.165) is 11.1 Å². The highest BCUT2D eigenvalue weighted by Gasteiger charge is 2.02. The summed E-state index contributed by atoms with van der Waals surface area (Å²) in [7, 11) is 1.62. The molecule has 0 spiro atoms. The number of nitrogens with zero attached hydrogens (tertiary/aromatic N) is 1. The van der Waals surface area contributed by atoms with Crippen LogP contribution in [-0.4, -0.2) is 13.0 Å². The summed E-state index contributed by atoms with van der Waals surface area (Å²) >= 11 is 0. The van der Waals surface area contributed by atoms with Gasteiger partial charge < -0.3 is 10.5 Å². The number of rotatable bonds is 4. The van der Waals surface area contributed by atoms with E-state index in [1.54, 1.807) is 25.3 Å². The number of primary amides is 1. The summed E-state index contributed by atoms with van der Waals surface area (Å²) in [5.74, 6) is -0.719. The van der Waals surface area contributed by atoms with Gasteiger partial charge in [-0.2, -0.15) is 5.26 Å². The van der Waals surface area contributed by atoms with Crippen molar-refractivity contribution in [2.45, 2.75) is 6.61 Å². The number of benzene rings is 1. The van der Waals surface area contributed by atoms with Crippen molar-refractivity contribution in [3.8, 4) is 6.07 Å². The van der Waals surface area contributed by atoms with Crippen LogP contribution in [0.5, 0.6) is 0 Å². The third kappa shape index (κ3) is 3.23. The first kappa shape index (κ1) is 12.0. The number of amides is 1. The topological polar surface area (TPSA) is 76.1 Å². The van der Waals surface area contributed by atoms with E-state index >= 15 is 0 Å². The van der Waals surface area contributed by atoms with Gasteiger partial charge in [0.15, 0.2) is 0 Å². The molecule has 1 rings (SSSR count). The van der Waals surface area contributed by atoms with Gasteiger partial charge >= 0.3 is 0 Å². The Hall–Kier alpha value is -2.12. The lowest BCUT2D eigenvalue weighted by atomic mass is 10.1. The zero-order valence-corrected chi connectivity index (χ0v) is 8.93. The lowest BCUT2D eigenvalue weighted by Gasteiger charge is -2.00. The average Bonchev–Trinajstić information content (AvgIpc) is 2.28. The molecule has 1 amide bonds. The van der Waals surface area contributed by atoms with Crippen molar-refractivity contribution in [3.05, 3.63) is 41.0 Å². The van der Waals surface area contributed by atoms with Crippen LogP contribution in [0.3, 0.4) is 0 Å². The Bertz CT molecular complexity index is 441. The summed E-state index contributed by atoms with van der Waals surface area (Å²) < 4.78 is 4.97. The molecular weight excluding hydrogens is 204 g/mol. The highest BCUT2D eigenvalue weighted by atomic mass is 16.5. The van der Waals surface area contributed by atoms with Gasteiger partial charge in [-0.15, -0.1) is 0 Å². The molecule has 0 unspecified atom stereocenters. The number of nitriles is 1. The number of nitrogens with two attached hydrogens (primary N) is 1. The third-order valence-corrected chi connectivity index (χ3v) is 1.99. The standard InChI is InChI=1S/C12H12N2O2/c1-16-8-10-4-2-9(3-5-10)6-11(7-13)12(14)15/h2-6H,8H2,1H3,(H2,14,15)/b11-6-. The van der Waals surface area contributed by atoms with Gasteiger partial charge in [0.05, 0.1) is 6.61 Å². The molecule has 0 atom stereocenters. The predicted octanol–water partition coefficient (Wildman–Crippen LogP) is 1.23. The first-order valence-electron chi connectivity index (χ1n) is 4.67. The molecule has 16 heavy (non-hydrogen) atoms. The number of carbonyl (C=O) groups is 1. The van der Waals surface area contributed by atoms with Crippen molar-refractivity contribution in [3.63, 3.8) is 0 Å². The minimum atomic E-state index is -0.719. The largest absolute Gasteiger partial charge is 0.380 e. The predicted molar refractivity (Wildman–Crippen MR) is 59.9 cm³/mol. The Labute approximate surface area is 93.9 Å². The van der Waals surface area contributed by atoms with Crippen LogP contribution in [0.25, 0.3) is 6.08 Å². The highest BCUT2D eigenvalue weighted by Crippen LogP contribution is 2.09. The summed E-state index contributed by atoms with van der Waals surface area (Å²) in [5.41, 5.74) is 6.75. The fraction of sp³-hybridized carbons (Fsp3) is 0.167. The molecule has 4 nitrogen and oxygen atoms in total. The first-order valence-corrected chi connectivity index (χ1v) is 4.67. The van der Waals surface area contributed by atoms with Crippen molar-refractivity contribution < 1.29 is 9.53 Å². The Morgan fingerprint density at radius 1 is 1.50 bits per heavy atom. The molecule has 0 aromatic heterocycles. The van der Waals surface area contributed by atoms with E-state index in [0.29, 0.717) is 6.61 Å². The maximum atomic E-state index is 10.8. The van der Waals surface area contributed by atoms with E-state index in [9.17, 15) is 4.79 Å². The highest BCUT2D eigenvalue weighted by molar-refractivity contribution is 6.00. The monoisotopic (exact) mass is 216 g/mol. The Morgan fingerprint density at radius 3 is 2.56 bits per heavy atom. The number of hydrogen-bond acceptors (Lipinski definition) is 3. The molecule has 0 radical (unpaired) electrons. The fourth-order valence-corrected chi connectivity index (χ4v) is 1.20. The molecule has 0 saturated carbocycles. The molecular formula is C12H12N2O2. The van der Waals surface area contributed by atoms with Crippen molar-refractivity contribution in [2.75, 3.05) is 7.11 Å². The molecule has 0 aliphatic heterocycles. The number of methoxy groups -OCH3 is 1. The van der Waals surface area contributed by atoms with Crippen LogP contribution >= 0.6 is 0 Å². The molecule has 0 bridgehead atoms. The summed E-state index contributed by atoms with van der Waals surface area (Å²) in [6.07, 6.45) is 1.46. The number of carbonyl (C=O) groups excluding carboxylic acids is 1. The van der Waals surface area contributed by atoms with Gasteiger partial charge in [-0.1, -0.05) is 24.3 Å². The van der Waals surface area contributed by atoms with Crippen molar-refractivity contribution in [2.24, 2.45) is 5.73 Å². The maximum Gasteiger partial charge on any atom is 0.259 e. The lowest BCUT2D eigenvalue weighted by Crippen LogP contribution is -2.12. The van der Waals surface area contributed by atoms with Crippen LogP contribution < -0.4 is 5.73 Å². The van der Waals surface area contributed by atoms with Crippen LogP contribution in [-0.2, 0) is 16.1 Å². The van der Waals surface area contributed by atoms with Gasteiger partial charge in [0.2, 0.25) is 0 Å². The third-order valence-electron chi connectivity index (χ3n) is 1.99. The summed E-state index contributed by atoms with van der Waals surface area (Å²) in [4.78, 5) is 10.8. The minimum Gasteiger partial charge on any atom is -0.380 e. The molecule has 1 aromatic carbocycles. The SMILES string of the molecule is COCc1ccc(/C=C(/C#N)C(N)=O)cc1. The van der Waals surface area contributed by atoms with E-state index < -0.39 is 5.91 Å². The normalized spacial score (nSPS) is 10.9. The molecule has 1 aromatic rings. The van der Waals surface area contributed by atoms with E-state index in [2.05, 4.69) is 0 Å². The van der Waals surface area contributed by atoms with Crippen molar-refractivity contribution >= 4 is 12.0 Å². The van der Waals surface area contributed by atoms with Gasteiger partial charge in [-0.05, 0) is 17.2 Å². The zero-order valence-electron chi connectivity index (χ0n) is 8.93. The number of hydrogen-bond donors (Lipinski definition) is 1. The summed E-state index contributed by atoms with van der Waals surface area (Å²) in [5, 5.41) is 8.66. The van der Waals surface area contributed by atoms with Gasteiger partial charge in [0, 0.05) is 7.11 Å². The Kier molecular flexibility index (Phi) is 4.25. The number of ether oxygens (including phenoxy) is 1. The Balaban J connectivity index is 2.90. The molecule has 82 valence electrons. The minimum absolute atomic E-state index is 0.0560. The van der Waals surface area contributed by atoms with Crippen LogP contribution in [0.1, 0.15) is 11.1 Å². The Morgan fingerprint density at radius 2 is 2.12 bits per heavy atom. The second-order valence-corrected chi connectivity index (χ2v) is 3.21. The van der Waals surface area contributed by atoms with Crippen LogP contribution in [0.4, 0.5) is 0 Å². The van der Waals surface area contributed by atoms with Crippen molar-refractivity contribution in [1.29, 1.82) is 5.26 Å². The van der Waals surface area contributed by atoms with Crippen LogP contribution in [0.2, 0.25) is 0 Å². The molecule has 0 fully saturated rings.